The topological polar surface area (TPSA) is 89.3 Å². The fourth-order valence-corrected chi connectivity index (χ4v) is 6.56. The lowest BCUT2D eigenvalue weighted by Gasteiger charge is -2.56. The maximum absolute atomic E-state index is 13.5. The van der Waals surface area contributed by atoms with Gasteiger partial charge in [0.25, 0.3) is 0 Å². The summed E-state index contributed by atoms with van der Waals surface area (Å²) in [5, 5.41) is 13.1. The lowest BCUT2D eigenvalue weighted by Crippen LogP contribution is -2.69. The first-order valence-corrected chi connectivity index (χ1v) is 12.6. The van der Waals surface area contributed by atoms with Gasteiger partial charge in [0.2, 0.25) is 11.8 Å². The van der Waals surface area contributed by atoms with E-state index in [1.165, 1.54) is 5.56 Å². The Kier molecular flexibility index (Phi) is 5.58. The number of hydrogen-bond donors (Lipinski definition) is 1. The molecule has 5 rings (SSSR count). The molecule has 0 unspecified atom stereocenters. The van der Waals surface area contributed by atoms with Gasteiger partial charge >= 0.3 is 0 Å². The van der Waals surface area contributed by atoms with Gasteiger partial charge in [-0.05, 0) is 83.3 Å². The smallest absolute Gasteiger partial charge is 0.243 e. The van der Waals surface area contributed by atoms with Crippen molar-refractivity contribution in [3.63, 3.8) is 0 Å². The molecule has 0 spiro atoms. The Hall–Kier alpha value is -2.62. The van der Waals surface area contributed by atoms with E-state index in [0.29, 0.717) is 24.4 Å². The molecule has 0 aromatic carbocycles. The number of nitriles is 1. The molecule has 1 aromatic rings. The molecule has 33 heavy (non-hydrogen) atoms. The molecule has 4 aliphatic rings. The van der Waals surface area contributed by atoms with Crippen LogP contribution < -0.4 is 10.2 Å². The molecule has 1 aliphatic carbocycles. The first-order chi connectivity index (χ1) is 15.7. The molecular weight excluding hydrogens is 414 g/mol. The number of aromatic nitrogens is 1. The van der Waals surface area contributed by atoms with Gasteiger partial charge in [0.1, 0.15) is 17.9 Å². The van der Waals surface area contributed by atoms with E-state index in [9.17, 15) is 14.9 Å². The molecule has 7 nitrogen and oxygen atoms in total. The fraction of sp³-hybridized carbons (Fsp3) is 0.692. The minimum atomic E-state index is -0.454. The van der Waals surface area contributed by atoms with Crippen LogP contribution in [0.4, 0.5) is 5.82 Å². The summed E-state index contributed by atoms with van der Waals surface area (Å²) in [4.78, 5) is 35.7. The van der Waals surface area contributed by atoms with Crippen molar-refractivity contribution in [2.45, 2.75) is 89.8 Å². The number of anilines is 1. The monoisotopic (exact) mass is 449 g/mol. The number of piperidine rings is 3. The molecule has 2 amide bonds. The number of amides is 2. The summed E-state index contributed by atoms with van der Waals surface area (Å²) in [5.74, 6) is 1.18. The summed E-state index contributed by atoms with van der Waals surface area (Å²) in [6.07, 6.45) is 7.57. The van der Waals surface area contributed by atoms with Gasteiger partial charge in [-0.15, -0.1) is 0 Å². The number of hydrogen-bond acceptors (Lipinski definition) is 5. The van der Waals surface area contributed by atoms with Crippen LogP contribution in [0, 0.1) is 23.2 Å². The molecule has 1 aromatic heterocycles. The summed E-state index contributed by atoms with van der Waals surface area (Å²) >= 11 is 0. The summed E-state index contributed by atoms with van der Waals surface area (Å²) < 4.78 is 0. The second-order valence-corrected chi connectivity index (χ2v) is 11.4. The molecule has 2 bridgehead atoms. The Morgan fingerprint density at radius 1 is 1.15 bits per heavy atom. The summed E-state index contributed by atoms with van der Waals surface area (Å²) in [5.41, 5.74) is 2.63. The Bertz CT molecular complexity index is 1010. The summed E-state index contributed by atoms with van der Waals surface area (Å²) in [6.45, 7) is 7.38. The van der Waals surface area contributed by atoms with Crippen molar-refractivity contribution in [1.82, 2.24) is 15.2 Å². The number of fused-ring (bicyclic) bond motifs is 5. The third kappa shape index (κ3) is 4.09. The van der Waals surface area contributed by atoms with Crippen molar-refractivity contribution in [1.29, 1.82) is 5.26 Å². The van der Waals surface area contributed by atoms with E-state index < -0.39 is 6.04 Å². The van der Waals surface area contributed by atoms with E-state index in [0.717, 1.165) is 63.0 Å². The molecule has 0 radical (unpaired) electrons. The van der Waals surface area contributed by atoms with Crippen molar-refractivity contribution in [3.8, 4) is 6.07 Å². The highest BCUT2D eigenvalue weighted by atomic mass is 16.2. The van der Waals surface area contributed by atoms with Gasteiger partial charge in [-0.1, -0.05) is 0 Å². The highest BCUT2D eigenvalue weighted by molar-refractivity contribution is 5.89. The Labute approximate surface area is 196 Å². The average molecular weight is 450 g/mol. The molecule has 0 saturated carbocycles. The minimum absolute atomic E-state index is 0.0359. The van der Waals surface area contributed by atoms with Gasteiger partial charge in [0, 0.05) is 42.7 Å². The average Bonchev–Trinajstić information content (AvgIpc) is 2.77. The zero-order valence-electron chi connectivity index (χ0n) is 20.1. The van der Waals surface area contributed by atoms with Crippen LogP contribution in [-0.4, -0.2) is 52.4 Å². The Morgan fingerprint density at radius 2 is 1.91 bits per heavy atom. The Morgan fingerprint density at radius 3 is 2.67 bits per heavy atom. The molecular formula is C26H35N5O2. The van der Waals surface area contributed by atoms with Gasteiger partial charge < -0.3 is 15.1 Å². The zero-order chi connectivity index (χ0) is 23.3. The minimum Gasteiger partial charge on any atom is -0.355 e. The van der Waals surface area contributed by atoms with Crippen molar-refractivity contribution in [2.24, 2.45) is 11.8 Å². The molecule has 7 heteroatoms. The highest BCUT2D eigenvalue weighted by Gasteiger charge is 2.52. The molecule has 3 fully saturated rings. The van der Waals surface area contributed by atoms with E-state index in [-0.39, 0.29) is 29.3 Å². The van der Waals surface area contributed by atoms with E-state index in [2.05, 4.69) is 16.3 Å². The van der Waals surface area contributed by atoms with Gasteiger partial charge in [0.15, 0.2) is 0 Å². The number of carbonyl (C=O) groups is 2. The number of nitrogens with one attached hydrogen (secondary N) is 1. The molecule has 1 N–H and O–H groups in total. The van der Waals surface area contributed by atoms with Crippen LogP contribution in [0.1, 0.15) is 76.1 Å². The third-order valence-electron chi connectivity index (χ3n) is 7.81. The number of pyridine rings is 1. The largest absolute Gasteiger partial charge is 0.355 e. The van der Waals surface area contributed by atoms with E-state index in [1.807, 2.05) is 31.7 Å². The summed E-state index contributed by atoms with van der Waals surface area (Å²) in [7, 11) is 0. The number of rotatable bonds is 2. The molecule has 3 saturated heterocycles. The lowest BCUT2D eigenvalue weighted by molar-refractivity contribution is -0.157. The maximum Gasteiger partial charge on any atom is 0.243 e. The van der Waals surface area contributed by atoms with Crippen LogP contribution in [0.3, 0.4) is 0 Å². The van der Waals surface area contributed by atoms with Crippen molar-refractivity contribution < 1.29 is 9.59 Å². The number of carbonyl (C=O) groups excluding carboxylic acids is 2. The predicted molar refractivity (Wildman–Crippen MR) is 126 cm³/mol. The first-order valence-electron chi connectivity index (χ1n) is 12.6. The van der Waals surface area contributed by atoms with E-state index in [4.69, 9.17) is 4.98 Å². The second-order valence-electron chi connectivity index (χ2n) is 11.4. The van der Waals surface area contributed by atoms with Crippen molar-refractivity contribution in [2.75, 3.05) is 18.0 Å². The van der Waals surface area contributed by atoms with Crippen LogP contribution in [0.2, 0.25) is 0 Å². The van der Waals surface area contributed by atoms with Gasteiger partial charge in [-0.25, -0.2) is 4.98 Å². The molecule has 4 heterocycles. The van der Waals surface area contributed by atoms with Crippen LogP contribution in [0.15, 0.2) is 6.07 Å². The van der Waals surface area contributed by atoms with Crippen LogP contribution in [0.5, 0.6) is 0 Å². The highest BCUT2D eigenvalue weighted by Crippen LogP contribution is 2.43. The predicted octanol–water partition coefficient (Wildman–Crippen LogP) is 2.95. The molecule has 3 aliphatic heterocycles. The standard InChI is InChI=1S/C26H35N5O2/c1-26(2,3)29-25(33)23-19-12-18(21-9-6-10-22(32)31(21)23)14-30(15-19)24-17(13-27)11-16-7-4-5-8-20(16)28-24/h11,18-19,21,23H,4-10,12,14-15H2,1-3H3,(H,29,33)/t18-,19+,21-,23+/m0/s1. The third-order valence-corrected chi connectivity index (χ3v) is 7.81. The van der Waals surface area contributed by atoms with Gasteiger partial charge in [-0.2, -0.15) is 5.26 Å². The SMILES string of the molecule is CC(C)(C)NC(=O)[C@H]1[C@@H]2C[C@@H](CN(c3nc4c(cc3C#N)CCCC4)C2)[C@@H]2CCCC(=O)N21. The van der Waals surface area contributed by atoms with Crippen LogP contribution >= 0.6 is 0 Å². The number of aryl methyl sites for hydroxylation is 2. The normalized spacial score (nSPS) is 29.1. The zero-order valence-corrected chi connectivity index (χ0v) is 20.1. The second kappa shape index (κ2) is 8.30. The summed E-state index contributed by atoms with van der Waals surface area (Å²) in [6, 6.07) is 4.07. The molecule has 4 atom stereocenters. The van der Waals surface area contributed by atoms with Crippen molar-refractivity contribution >= 4 is 17.6 Å². The number of nitrogens with zero attached hydrogens (tertiary/aromatic N) is 4. The van der Waals surface area contributed by atoms with E-state index >= 15 is 0 Å². The first kappa shape index (κ1) is 22.2. The van der Waals surface area contributed by atoms with Gasteiger partial charge in [-0.3, -0.25) is 9.59 Å². The maximum atomic E-state index is 13.5. The van der Waals surface area contributed by atoms with Crippen LogP contribution in [0.25, 0.3) is 0 Å². The van der Waals surface area contributed by atoms with E-state index in [1.54, 1.807) is 0 Å². The van der Waals surface area contributed by atoms with Crippen LogP contribution in [-0.2, 0) is 22.4 Å². The molecule has 176 valence electrons. The lowest BCUT2D eigenvalue weighted by atomic mass is 9.71. The Balaban J connectivity index is 1.50. The fourth-order valence-electron chi connectivity index (χ4n) is 6.56. The van der Waals surface area contributed by atoms with Crippen molar-refractivity contribution in [3.05, 3.63) is 22.9 Å². The van der Waals surface area contributed by atoms with Gasteiger partial charge in [0.05, 0.1) is 5.56 Å². The quantitative estimate of drug-likeness (QED) is 0.750.